The zero-order valence-corrected chi connectivity index (χ0v) is 14.5. The Morgan fingerprint density at radius 2 is 1.83 bits per heavy atom. The third-order valence-corrected chi connectivity index (χ3v) is 4.21. The third-order valence-electron chi connectivity index (χ3n) is 4.21. The molecule has 1 aromatic carbocycles. The van der Waals surface area contributed by atoms with E-state index in [2.05, 4.69) is 29.1 Å². The standard InChI is InChI=1S/C18H23N3O3/c1-18(2)9-14-16(17(22)19-10-18)21-15(20-14)7-11-5-12(23-3)8-13(6-11)24-4/h5-6,8H,7,9-10H2,1-4H3,(H,19,22)(H,20,21). The minimum Gasteiger partial charge on any atom is -0.497 e. The fourth-order valence-corrected chi connectivity index (χ4v) is 2.97. The van der Waals surface area contributed by atoms with Crippen molar-refractivity contribution in [3.05, 3.63) is 41.0 Å². The Balaban J connectivity index is 1.90. The zero-order valence-electron chi connectivity index (χ0n) is 14.5. The summed E-state index contributed by atoms with van der Waals surface area (Å²) in [7, 11) is 3.25. The number of amides is 1. The molecule has 2 heterocycles. The number of hydrogen-bond acceptors (Lipinski definition) is 4. The molecule has 3 rings (SSSR count). The molecule has 6 nitrogen and oxygen atoms in total. The quantitative estimate of drug-likeness (QED) is 0.902. The Morgan fingerprint density at radius 3 is 2.46 bits per heavy atom. The summed E-state index contributed by atoms with van der Waals surface area (Å²) < 4.78 is 10.6. The minimum absolute atomic E-state index is 0.00387. The highest BCUT2D eigenvalue weighted by Gasteiger charge is 2.29. The molecule has 1 amide bonds. The van der Waals surface area contributed by atoms with E-state index in [0.29, 0.717) is 18.7 Å². The van der Waals surface area contributed by atoms with E-state index in [1.54, 1.807) is 14.2 Å². The predicted molar refractivity (Wildman–Crippen MR) is 90.8 cm³/mol. The van der Waals surface area contributed by atoms with E-state index in [0.717, 1.165) is 35.0 Å². The van der Waals surface area contributed by atoms with Crippen molar-refractivity contribution in [1.29, 1.82) is 0 Å². The van der Waals surface area contributed by atoms with Crippen LogP contribution in [0.1, 0.15) is 41.4 Å². The zero-order chi connectivity index (χ0) is 17.3. The van der Waals surface area contributed by atoms with Gasteiger partial charge in [-0.3, -0.25) is 4.79 Å². The van der Waals surface area contributed by atoms with Crippen LogP contribution in [0.3, 0.4) is 0 Å². The largest absolute Gasteiger partial charge is 0.497 e. The lowest BCUT2D eigenvalue weighted by molar-refractivity contribution is 0.0940. The average Bonchev–Trinajstić information content (AvgIpc) is 2.89. The van der Waals surface area contributed by atoms with Crippen LogP contribution in [0.5, 0.6) is 11.5 Å². The number of carbonyl (C=O) groups excluding carboxylic acids is 1. The van der Waals surface area contributed by atoms with Crippen molar-refractivity contribution in [2.75, 3.05) is 20.8 Å². The van der Waals surface area contributed by atoms with E-state index in [1.807, 2.05) is 18.2 Å². The molecule has 2 aromatic rings. The fraction of sp³-hybridized carbons (Fsp3) is 0.444. The summed E-state index contributed by atoms with van der Waals surface area (Å²) in [5.74, 6) is 2.12. The van der Waals surface area contributed by atoms with Crippen LogP contribution in [0, 0.1) is 5.41 Å². The second kappa shape index (κ2) is 6.19. The van der Waals surface area contributed by atoms with Crippen LogP contribution >= 0.6 is 0 Å². The van der Waals surface area contributed by atoms with Gasteiger partial charge in [-0.15, -0.1) is 0 Å². The molecule has 0 fully saturated rings. The molecule has 0 saturated heterocycles. The number of rotatable bonds is 4. The molecule has 2 N–H and O–H groups in total. The smallest absolute Gasteiger partial charge is 0.271 e. The van der Waals surface area contributed by atoms with E-state index in [1.165, 1.54) is 0 Å². The number of nitrogens with one attached hydrogen (secondary N) is 2. The Kier molecular flexibility index (Phi) is 4.22. The lowest BCUT2D eigenvalue weighted by Crippen LogP contribution is -2.32. The molecular formula is C18H23N3O3. The van der Waals surface area contributed by atoms with Crippen molar-refractivity contribution in [2.24, 2.45) is 5.41 Å². The Labute approximate surface area is 141 Å². The monoisotopic (exact) mass is 329 g/mol. The Morgan fingerprint density at radius 1 is 1.17 bits per heavy atom. The summed E-state index contributed by atoms with van der Waals surface area (Å²) in [4.78, 5) is 20.1. The van der Waals surface area contributed by atoms with Crippen LogP contribution in [0.15, 0.2) is 18.2 Å². The van der Waals surface area contributed by atoms with Gasteiger partial charge in [-0.2, -0.15) is 0 Å². The highest BCUT2D eigenvalue weighted by Crippen LogP contribution is 2.27. The van der Waals surface area contributed by atoms with Crippen molar-refractivity contribution in [3.63, 3.8) is 0 Å². The molecule has 1 aliphatic rings. The number of fused-ring (bicyclic) bond motifs is 1. The maximum atomic E-state index is 12.2. The first-order valence-electron chi connectivity index (χ1n) is 7.98. The molecule has 0 radical (unpaired) electrons. The molecule has 0 spiro atoms. The van der Waals surface area contributed by atoms with Gasteiger partial charge in [-0.05, 0) is 29.5 Å². The number of nitrogens with zero attached hydrogens (tertiary/aromatic N) is 1. The summed E-state index contributed by atoms with van der Waals surface area (Å²) in [6, 6.07) is 5.72. The second-order valence-electron chi connectivity index (χ2n) is 6.93. The maximum Gasteiger partial charge on any atom is 0.271 e. The first-order chi connectivity index (χ1) is 11.4. The van der Waals surface area contributed by atoms with Gasteiger partial charge in [0, 0.05) is 24.7 Å². The molecule has 1 aliphatic heterocycles. The summed E-state index contributed by atoms with van der Waals surface area (Å²) >= 11 is 0. The summed E-state index contributed by atoms with van der Waals surface area (Å²) in [5, 5.41) is 2.94. The fourth-order valence-electron chi connectivity index (χ4n) is 2.97. The molecule has 1 aromatic heterocycles. The van der Waals surface area contributed by atoms with Gasteiger partial charge in [0.25, 0.3) is 5.91 Å². The van der Waals surface area contributed by atoms with Crippen molar-refractivity contribution in [3.8, 4) is 11.5 Å². The number of imidazole rings is 1. The van der Waals surface area contributed by atoms with Gasteiger partial charge in [-0.25, -0.2) is 4.98 Å². The summed E-state index contributed by atoms with van der Waals surface area (Å²) in [6.07, 6.45) is 1.36. The third kappa shape index (κ3) is 3.37. The molecule has 6 heteroatoms. The van der Waals surface area contributed by atoms with E-state index in [9.17, 15) is 4.79 Å². The first-order valence-corrected chi connectivity index (χ1v) is 7.98. The number of ether oxygens (including phenoxy) is 2. The predicted octanol–water partition coefficient (Wildman–Crippen LogP) is 2.33. The normalized spacial score (nSPS) is 16.1. The van der Waals surface area contributed by atoms with Crippen LogP contribution < -0.4 is 14.8 Å². The van der Waals surface area contributed by atoms with E-state index in [4.69, 9.17) is 9.47 Å². The molecule has 0 aliphatic carbocycles. The van der Waals surface area contributed by atoms with Crippen LogP contribution in [0.4, 0.5) is 0 Å². The lowest BCUT2D eigenvalue weighted by Gasteiger charge is -2.21. The number of H-pyrrole nitrogens is 1. The van der Waals surface area contributed by atoms with Gasteiger partial charge >= 0.3 is 0 Å². The molecule has 0 unspecified atom stereocenters. The minimum atomic E-state index is -0.110. The van der Waals surface area contributed by atoms with Crippen LogP contribution in [0.2, 0.25) is 0 Å². The van der Waals surface area contributed by atoms with Crippen LogP contribution in [-0.4, -0.2) is 36.6 Å². The van der Waals surface area contributed by atoms with Crippen molar-refractivity contribution >= 4 is 5.91 Å². The van der Waals surface area contributed by atoms with E-state index in [-0.39, 0.29) is 11.3 Å². The SMILES string of the molecule is COc1cc(Cc2nc3c([nH]2)CC(C)(C)CNC3=O)cc(OC)c1. The van der Waals surface area contributed by atoms with Gasteiger partial charge in [-0.1, -0.05) is 13.8 Å². The maximum absolute atomic E-state index is 12.2. The highest BCUT2D eigenvalue weighted by atomic mass is 16.5. The molecular weight excluding hydrogens is 306 g/mol. The molecule has 0 bridgehead atoms. The summed E-state index contributed by atoms with van der Waals surface area (Å²) in [5.41, 5.74) is 2.42. The average molecular weight is 329 g/mol. The molecule has 128 valence electrons. The second-order valence-corrected chi connectivity index (χ2v) is 6.93. The number of methoxy groups -OCH3 is 2. The van der Waals surface area contributed by atoms with Crippen molar-refractivity contribution in [1.82, 2.24) is 15.3 Å². The van der Waals surface area contributed by atoms with Crippen molar-refractivity contribution in [2.45, 2.75) is 26.7 Å². The van der Waals surface area contributed by atoms with Gasteiger partial charge in [0.1, 0.15) is 23.0 Å². The highest BCUT2D eigenvalue weighted by molar-refractivity contribution is 5.94. The van der Waals surface area contributed by atoms with E-state index >= 15 is 0 Å². The number of aromatic amines is 1. The van der Waals surface area contributed by atoms with Gasteiger partial charge in [0.05, 0.1) is 14.2 Å². The number of benzene rings is 1. The van der Waals surface area contributed by atoms with Gasteiger partial charge in [0.15, 0.2) is 0 Å². The Bertz CT molecular complexity index is 743. The molecule has 0 atom stereocenters. The topological polar surface area (TPSA) is 76.2 Å². The van der Waals surface area contributed by atoms with Crippen molar-refractivity contribution < 1.29 is 14.3 Å². The number of hydrogen-bond donors (Lipinski definition) is 2. The van der Waals surface area contributed by atoms with Crippen LogP contribution in [0.25, 0.3) is 0 Å². The van der Waals surface area contributed by atoms with E-state index < -0.39 is 0 Å². The van der Waals surface area contributed by atoms with Crippen LogP contribution in [-0.2, 0) is 12.8 Å². The van der Waals surface area contributed by atoms with Gasteiger partial charge < -0.3 is 19.8 Å². The number of aromatic nitrogens is 2. The summed E-state index contributed by atoms with van der Waals surface area (Å²) in [6.45, 7) is 4.92. The first kappa shape index (κ1) is 16.4. The Hall–Kier alpha value is -2.50. The molecule has 24 heavy (non-hydrogen) atoms. The number of carbonyl (C=O) groups is 1. The lowest BCUT2D eigenvalue weighted by atomic mass is 9.88. The molecule has 0 saturated carbocycles. The van der Waals surface area contributed by atoms with Gasteiger partial charge in [0.2, 0.25) is 0 Å².